The normalized spacial score (nSPS) is 18.8. The van der Waals surface area contributed by atoms with Crippen molar-refractivity contribution in [2.75, 3.05) is 13.6 Å². The zero-order chi connectivity index (χ0) is 12.3. The second-order valence-corrected chi connectivity index (χ2v) is 5.51. The predicted molar refractivity (Wildman–Crippen MR) is 70.7 cm³/mol. The number of aryl methyl sites for hydroxylation is 1. The minimum absolute atomic E-state index is 0.0403. The van der Waals surface area contributed by atoms with Crippen LogP contribution in [0, 0.1) is 6.92 Å². The van der Waals surface area contributed by atoms with Crippen LogP contribution >= 0.6 is 0 Å². The fourth-order valence-electron chi connectivity index (χ4n) is 2.79. The summed E-state index contributed by atoms with van der Waals surface area (Å²) >= 11 is 0. The van der Waals surface area contributed by atoms with Gasteiger partial charge in [0.05, 0.1) is 5.69 Å². The Hall–Kier alpha value is -0.930. The lowest BCUT2D eigenvalue weighted by atomic mass is 9.98. The molecule has 3 heteroatoms. The molecule has 1 aromatic rings. The molecule has 0 aromatic carbocycles. The molecule has 0 unspecified atom stereocenters. The summed E-state index contributed by atoms with van der Waals surface area (Å²) in [5.74, 6) is 0. The topological polar surface area (TPSA) is 42.1 Å². The van der Waals surface area contributed by atoms with Crippen molar-refractivity contribution in [3.05, 3.63) is 29.6 Å². The van der Waals surface area contributed by atoms with E-state index in [1.165, 1.54) is 25.7 Å². The van der Waals surface area contributed by atoms with Gasteiger partial charge in [0.1, 0.15) is 0 Å². The Kier molecular flexibility index (Phi) is 3.79. The molecule has 3 nitrogen and oxygen atoms in total. The molecule has 0 saturated heterocycles. The molecule has 2 N–H and O–H groups in total. The van der Waals surface area contributed by atoms with Crippen molar-refractivity contribution in [2.45, 2.75) is 44.7 Å². The monoisotopic (exact) mass is 233 g/mol. The lowest BCUT2D eigenvalue weighted by Crippen LogP contribution is -2.46. The van der Waals surface area contributed by atoms with Crippen LogP contribution in [0.5, 0.6) is 0 Å². The highest BCUT2D eigenvalue weighted by Crippen LogP contribution is 2.27. The Morgan fingerprint density at radius 1 is 1.35 bits per heavy atom. The first kappa shape index (κ1) is 12.5. The zero-order valence-corrected chi connectivity index (χ0v) is 10.9. The molecule has 0 amide bonds. The number of aromatic nitrogens is 1. The van der Waals surface area contributed by atoms with Crippen LogP contribution in [0.4, 0.5) is 0 Å². The van der Waals surface area contributed by atoms with Gasteiger partial charge in [0.2, 0.25) is 0 Å². The van der Waals surface area contributed by atoms with Crippen LogP contribution in [-0.2, 0) is 6.54 Å². The molecule has 0 radical (unpaired) electrons. The highest BCUT2D eigenvalue weighted by atomic mass is 15.1. The van der Waals surface area contributed by atoms with Crippen molar-refractivity contribution in [2.24, 2.45) is 5.73 Å². The molecule has 0 aliphatic heterocycles. The van der Waals surface area contributed by atoms with Crippen molar-refractivity contribution >= 4 is 0 Å². The average molecular weight is 233 g/mol. The van der Waals surface area contributed by atoms with E-state index in [1.807, 2.05) is 13.0 Å². The molecule has 0 spiro atoms. The first-order valence-corrected chi connectivity index (χ1v) is 6.47. The van der Waals surface area contributed by atoms with E-state index in [0.29, 0.717) is 0 Å². The average Bonchev–Trinajstić information content (AvgIpc) is 2.64. The summed E-state index contributed by atoms with van der Waals surface area (Å²) in [6.45, 7) is 3.90. The summed E-state index contributed by atoms with van der Waals surface area (Å²) in [7, 11) is 2.14. The maximum atomic E-state index is 6.38. The van der Waals surface area contributed by atoms with Gasteiger partial charge in [-0.15, -0.1) is 0 Å². The lowest BCUT2D eigenvalue weighted by molar-refractivity contribution is 0.239. The van der Waals surface area contributed by atoms with E-state index in [-0.39, 0.29) is 5.54 Å². The Morgan fingerprint density at radius 2 is 2.06 bits per heavy atom. The van der Waals surface area contributed by atoms with Crippen LogP contribution < -0.4 is 5.73 Å². The Balaban J connectivity index is 1.90. The predicted octanol–water partition coefficient (Wildman–Crippen LogP) is 2.09. The lowest BCUT2D eigenvalue weighted by Gasteiger charge is -2.29. The van der Waals surface area contributed by atoms with Crippen molar-refractivity contribution < 1.29 is 0 Å². The highest BCUT2D eigenvalue weighted by Gasteiger charge is 2.30. The first-order valence-electron chi connectivity index (χ1n) is 6.47. The SMILES string of the molecule is Cc1cccc(CN(C)CC2(N)CCCC2)n1. The Morgan fingerprint density at radius 3 is 2.71 bits per heavy atom. The van der Waals surface area contributed by atoms with E-state index >= 15 is 0 Å². The number of pyridine rings is 1. The van der Waals surface area contributed by atoms with Gasteiger partial charge in [0, 0.05) is 24.3 Å². The van der Waals surface area contributed by atoms with E-state index in [9.17, 15) is 0 Å². The third-order valence-corrected chi connectivity index (χ3v) is 3.56. The van der Waals surface area contributed by atoms with Crippen molar-refractivity contribution in [1.82, 2.24) is 9.88 Å². The van der Waals surface area contributed by atoms with Gasteiger partial charge >= 0.3 is 0 Å². The van der Waals surface area contributed by atoms with Crippen LogP contribution in [0.25, 0.3) is 0 Å². The van der Waals surface area contributed by atoms with E-state index in [4.69, 9.17) is 5.73 Å². The summed E-state index contributed by atoms with van der Waals surface area (Å²) in [4.78, 5) is 6.83. The molecule has 1 aliphatic carbocycles. The van der Waals surface area contributed by atoms with Gasteiger partial charge in [-0.1, -0.05) is 18.9 Å². The Labute approximate surface area is 104 Å². The van der Waals surface area contributed by atoms with Gasteiger partial charge in [-0.3, -0.25) is 9.88 Å². The zero-order valence-electron chi connectivity index (χ0n) is 10.9. The van der Waals surface area contributed by atoms with Gasteiger partial charge in [0.15, 0.2) is 0 Å². The minimum Gasteiger partial charge on any atom is -0.324 e. The molecule has 0 atom stereocenters. The van der Waals surface area contributed by atoms with Crippen LogP contribution in [0.2, 0.25) is 0 Å². The standard InChI is InChI=1S/C14H23N3/c1-12-6-5-7-13(16-12)10-17(2)11-14(15)8-3-4-9-14/h5-7H,3-4,8-11,15H2,1-2H3. The fourth-order valence-corrected chi connectivity index (χ4v) is 2.79. The smallest absolute Gasteiger partial charge is 0.0547 e. The van der Waals surface area contributed by atoms with Gasteiger partial charge in [-0.25, -0.2) is 0 Å². The number of nitrogens with zero attached hydrogens (tertiary/aromatic N) is 2. The van der Waals surface area contributed by atoms with E-state index in [0.717, 1.165) is 24.5 Å². The largest absolute Gasteiger partial charge is 0.324 e. The van der Waals surface area contributed by atoms with Crippen molar-refractivity contribution in [3.8, 4) is 0 Å². The molecule has 1 aromatic heterocycles. The minimum atomic E-state index is 0.0403. The Bertz CT molecular complexity index is 369. The summed E-state index contributed by atoms with van der Waals surface area (Å²) in [6, 6.07) is 6.19. The van der Waals surface area contributed by atoms with Gasteiger partial charge in [-0.2, -0.15) is 0 Å². The summed E-state index contributed by atoms with van der Waals surface area (Å²) < 4.78 is 0. The molecule has 1 heterocycles. The van der Waals surface area contributed by atoms with Gasteiger partial charge < -0.3 is 5.73 Å². The molecule has 94 valence electrons. The molecule has 1 aliphatic rings. The maximum absolute atomic E-state index is 6.38. The summed E-state index contributed by atoms with van der Waals surface area (Å²) in [5, 5.41) is 0. The number of hydrogen-bond acceptors (Lipinski definition) is 3. The number of rotatable bonds is 4. The molecule has 0 bridgehead atoms. The second-order valence-electron chi connectivity index (χ2n) is 5.51. The number of likely N-dealkylation sites (N-methyl/N-ethyl adjacent to an activating group) is 1. The van der Waals surface area contributed by atoms with E-state index in [2.05, 4.69) is 29.1 Å². The third-order valence-electron chi connectivity index (χ3n) is 3.56. The summed E-state index contributed by atoms with van der Waals surface area (Å²) in [6.07, 6.45) is 4.90. The maximum Gasteiger partial charge on any atom is 0.0547 e. The molecular weight excluding hydrogens is 210 g/mol. The van der Waals surface area contributed by atoms with E-state index < -0.39 is 0 Å². The van der Waals surface area contributed by atoms with Crippen LogP contribution in [-0.4, -0.2) is 29.0 Å². The van der Waals surface area contributed by atoms with Crippen LogP contribution in [0.15, 0.2) is 18.2 Å². The number of nitrogens with two attached hydrogens (primary N) is 1. The van der Waals surface area contributed by atoms with Crippen molar-refractivity contribution in [3.63, 3.8) is 0 Å². The van der Waals surface area contributed by atoms with Gasteiger partial charge in [-0.05, 0) is 38.9 Å². The number of hydrogen-bond donors (Lipinski definition) is 1. The fraction of sp³-hybridized carbons (Fsp3) is 0.643. The third kappa shape index (κ3) is 3.51. The summed E-state index contributed by atoms with van der Waals surface area (Å²) in [5.41, 5.74) is 8.64. The first-order chi connectivity index (χ1) is 8.07. The molecule has 2 rings (SSSR count). The quantitative estimate of drug-likeness (QED) is 0.866. The molecule has 1 fully saturated rings. The molecule has 1 saturated carbocycles. The highest BCUT2D eigenvalue weighted by molar-refractivity contribution is 5.09. The van der Waals surface area contributed by atoms with E-state index in [1.54, 1.807) is 0 Å². The van der Waals surface area contributed by atoms with Crippen LogP contribution in [0.3, 0.4) is 0 Å². The second kappa shape index (κ2) is 5.15. The van der Waals surface area contributed by atoms with Gasteiger partial charge in [0.25, 0.3) is 0 Å². The molecule has 17 heavy (non-hydrogen) atoms. The molecular formula is C14H23N3. The van der Waals surface area contributed by atoms with Crippen molar-refractivity contribution in [1.29, 1.82) is 0 Å². The van der Waals surface area contributed by atoms with Crippen LogP contribution in [0.1, 0.15) is 37.1 Å².